The molecule has 0 atom stereocenters. The molecule has 33 heavy (non-hydrogen) atoms. The molecule has 0 bridgehead atoms. The van der Waals surface area contributed by atoms with E-state index in [0.717, 1.165) is 42.8 Å². The number of nitrogens with zero attached hydrogens (tertiary/aromatic N) is 3. The fourth-order valence-electron chi connectivity index (χ4n) is 4.45. The number of aromatic nitrogens is 2. The summed E-state index contributed by atoms with van der Waals surface area (Å²) in [4.78, 5) is 14.4. The predicted octanol–water partition coefficient (Wildman–Crippen LogP) is 4.37. The van der Waals surface area contributed by atoms with Crippen LogP contribution in [0.5, 0.6) is 0 Å². The second-order valence-electron chi connectivity index (χ2n) is 8.25. The summed E-state index contributed by atoms with van der Waals surface area (Å²) in [5.74, 6) is 0.0389. The smallest absolute Gasteiger partial charge is 0.253 e. The average molecular weight is 505 g/mol. The molecule has 5 rings (SSSR count). The van der Waals surface area contributed by atoms with Crippen molar-refractivity contribution in [3.8, 4) is 11.3 Å². The maximum Gasteiger partial charge on any atom is 0.253 e. The first-order chi connectivity index (χ1) is 15.9. The SMILES string of the molecule is O=C(c1ccc(-c2n[nH]c3c2CN(S(=O)(=O)c2c(Cl)cccc2Cl)CC3)cc1)N1CCCC1. The predicted molar refractivity (Wildman–Crippen MR) is 127 cm³/mol. The standard InChI is InChI=1S/C23H22Cl2N4O3S/c24-18-4-3-5-19(25)22(18)33(31,32)29-13-10-20-17(14-29)21(27-26-20)15-6-8-16(9-7-15)23(30)28-11-1-2-12-28/h3-9H,1-2,10-14H2,(H,26,27). The summed E-state index contributed by atoms with van der Waals surface area (Å²) in [5.41, 5.74) is 3.85. The molecule has 1 saturated heterocycles. The van der Waals surface area contributed by atoms with Crippen molar-refractivity contribution in [2.45, 2.75) is 30.7 Å². The Morgan fingerprint density at radius 1 is 0.970 bits per heavy atom. The number of carbonyl (C=O) groups excluding carboxylic acids is 1. The summed E-state index contributed by atoms with van der Waals surface area (Å²) in [6, 6.07) is 12.0. The highest BCUT2D eigenvalue weighted by Crippen LogP contribution is 2.35. The van der Waals surface area contributed by atoms with E-state index in [1.807, 2.05) is 17.0 Å². The van der Waals surface area contributed by atoms with E-state index in [1.54, 1.807) is 18.2 Å². The number of sulfonamides is 1. The fraction of sp³-hybridized carbons (Fsp3) is 0.304. The molecule has 2 aromatic carbocycles. The van der Waals surface area contributed by atoms with Crippen molar-refractivity contribution in [2.75, 3.05) is 19.6 Å². The van der Waals surface area contributed by atoms with Crippen LogP contribution < -0.4 is 0 Å². The molecule has 1 amide bonds. The molecule has 1 aromatic heterocycles. The summed E-state index contributed by atoms with van der Waals surface area (Å²) in [6.07, 6.45) is 2.58. The lowest BCUT2D eigenvalue weighted by atomic mass is 10.0. The van der Waals surface area contributed by atoms with E-state index in [9.17, 15) is 13.2 Å². The quantitative estimate of drug-likeness (QED) is 0.571. The molecule has 172 valence electrons. The van der Waals surface area contributed by atoms with Gasteiger partial charge < -0.3 is 4.90 Å². The molecular formula is C23H22Cl2N4O3S. The summed E-state index contributed by atoms with van der Waals surface area (Å²) >= 11 is 12.4. The summed E-state index contributed by atoms with van der Waals surface area (Å²) < 4.78 is 28.1. The molecule has 2 aliphatic heterocycles. The van der Waals surface area contributed by atoms with Crippen LogP contribution in [0.4, 0.5) is 0 Å². The van der Waals surface area contributed by atoms with Gasteiger partial charge in [-0.05, 0) is 37.1 Å². The van der Waals surface area contributed by atoms with Gasteiger partial charge in [-0.1, -0.05) is 41.4 Å². The third-order valence-electron chi connectivity index (χ3n) is 6.21. The van der Waals surface area contributed by atoms with Crippen molar-refractivity contribution < 1.29 is 13.2 Å². The lowest BCUT2D eigenvalue weighted by molar-refractivity contribution is 0.0793. The number of carbonyl (C=O) groups is 1. The van der Waals surface area contributed by atoms with Crippen LogP contribution in [-0.2, 0) is 23.0 Å². The number of nitrogens with one attached hydrogen (secondary N) is 1. The summed E-state index contributed by atoms with van der Waals surface area (Å²) in [6.45, 7) is 2.04. The maximum absolute atomic E-state index is 13.3. The Bertz CT molecular complexity index is 1300. The van der Waals surface area contributed by atoms with Gasteiger partial charge in [-0.2, -0.15) is 9.40 Å². The number of likely N-dealkylation sites (tertiary alicyclic amines) is 1. The van der Waals surface area contributed by atoms with Crippen molar-refractivity contribution in [2.24, 2.45) is 0 Å². The first-order valence-electron chi connectivity index (χ1n) is 10.8. The van der Waals surface area contributed by atoms with Gasteiger partial charge in [-0.15, -0.1) is 0 Å². The van der Waals surface area contributed by atoms with Crippen LogP contribution in [0.15, 0.2) is 47.4 Å². The normalized spacial score (nSPS) is 16.7. The molecular weight excluding hydrogens is 483 g/mol. The van der Waals surface area contributed by atoms with Crippen molar-refractivity contribution in [1.29, 1.82) is 0 Å². The Kier molecular flexibility index (Phi) is 5.95. The Morgan fingerprint density at radius 3 is 2.30 bits per heavy atom. The average Bonchev–Trinajstić information content (AvgIpc) is 3.48. The van der Waals surface area contributed by atoms with E-state index in [-0.39, 0.29) is 27.4 Å². The number of benzene rings is 2. The van der Waals surface area contributed by atoms with E-state index in [4.69, 9.17) is 23.2 Å². The van der Waals surface area contributed by atoms with Crippen LogP contribution in [0.2, 0.25) is 10.0 Å². The highest BCUT2D eigenvalue weighted by Gasteiger charge is 2.34. The van der Waals surface area contributed by atoms with Crippen molar-refractivity contribution in [3.63, 3.8) is 0 Å². The number of H-pyrrole nitrogens is 1. The molecule has 1 fully saturated rings. The van der Waals surface area contributed by atoms with Crippen LogP contribution in [0.3, 0.4) is 0 Å². The molecule has 1 N–H and O–H groups in total. The number of halogens is 2. The topological polar surface area (TPSA) is 86.4 Å². The van der Waals surface area contributed by atoms with Gasteiger partial charge >= 0.3 is 0 Å². The minimum Gasteiger partial charge on any atom is -0.339 e. The molecule has 3 aromatic rings. The molecule has 10 heteroatoms. The first kappa shape index (κ1) is 22.4. The number of rotatable bonds is 4. The van der Waals surface area contributed by atoms with Gasteiger partial charge in [0, 0.05) is 55.0 Å². The molecule has 0 spiro atoms. The molecule has 2 aliphatic rings. The highest BCUT2D eigenvalue weighted by atomic mass is 35.5. The van der Waals surface area contributed by atoms with Crippen LogP contribution >= 0.6 is 23.2 Å². The third kappa shape index (κ3) is 4.05. The van der Waals surface area contributed by atoms with Crippen molar-refractivity contribution in [1.82, 2.24) is 19.4 Å². The zero-order valence-corrected chi connectivity index (χ0v) is 20.1. The second kappa shape index (κ2) is 8.76. The van der Waals surface area contributed by atoms with Crippen molar-refractivity contribution in [3.05, 3.63) is 69.3 Å². The molecule has 0 aliphatic carbocycles. The largest absolute Gasteiger partial charge is 0.339 e. The number of amides is 1. The summed E-state index contributed by atoms with van der Waals surface area (Å²) in [5, 5.41) is 7.69. The minimum atomic E-state index is -3.89. The Labute approximate surface area is 202 Å². The lowest BCUT2D eigenvalue weighted by Gasteiger charge is -2.27. The van der Waals surface area contributed by atoms with E-state index in [0.29, 0.717) is 24.2 Å². The number of hydrogen-bond donors (Lipinski definition) is 1. The van der Waals surface area contributed by atoms with Gasteiger partial charge in [-0.3, -0.25) is 9.89 Å². The molecule has 0 unspecified atom stereocenters. The monoisotopic (exact) mass is 504 g/mol. The molecule has 7 nitrogen and oxygen atoms in total. The van der Waals surface area contributed by atoms with E-state index >= 15 is 0 Å². The Hall–Kier alpha value is -2.39. The number of fused-ring (bicyclic) bond motifs is 1. The number of aromatic amines is 1. The zero-order valence-electron chi connectivity index (χ0n) is 17.7. The number of hydrogen-bond acceptors (Lipinski definition) is 4. The fourth-order valence-corrected chi connectivity index (χ4v) is 6.95. The molecule has 0 saturated carbocycles. The zero-order chi connectivity index (χ0) is 23.2. The molecule has 3 heterocycles. The van der Waals surface area contributed by atoms with Crippen LogP contribution in [0, 0.1) is 0 Å². The second-order valence-corrected chi connectivity index (χ2v) is 10.9. The van der Waals surface area contributed by atoms with Crippen molar-refractivity contribution >= 4 is 39.1 Å². The van der Waals surface area contributed by atoms with Gasteiger partial charge in [-0.25, -0.2) is 8.42 Å². The maximum atomic E-state index is 13.3. The van der Waals surface area contributed by atoms with Crippen LogP contribution in [0.1, 0.15) is 34.5 Å². The molecule has 0 radical (unpaired) electrons. The minimum absolute atomic E-state index is 0.0389. The highest BCUT2D eigenvalue weighted by molar-refractivity contribution is 7.89. The van der Waals surface area contributed by atoms with E-state index in [1.165, 1.54) is 16.4 Å². The first-order valence-corrected chi connectivity index (χ1v) is 13.0. The van der Waals surface area contributed by atoms with Gasteiger partial charge in [0.1, 0.15) is 4.90 Å². The Morgan fingerprint density at radius 2 is 1.64 bits per heavy atom. The lowest BCUT2D eigenvalue weighted by Crippen LogP contribution is -2.36. The van der Waals surface area contributed by atoms with Gasteiger partial charge in [0.2, 0.25) is 10.0 Å². The van der Waals surface area contributed by atoms with E-state index < -0.39 is 10.0 Å². The van der Waals surface area contributed by atoms with Crippen LogP contribution in [0.25, 0.3) is 11.3 Å². The summed E-state index contributed by atoms with van der Waals surface area (Å²) in [7, 11) is -3.89. The third-order valence-corrected chi connectivity index (χ3v) is 9.02. The van der Waals surface area contributed by atoms with Gasteiger partial charge in [0.15, 0.2) is 0 Å². The van der Waals surface area contributed by atoms with Gasteiger partial charge in [0.25, 0.3) is 5.91 Å². The Balaban J connectivity index is 1.42. The van der Waals surface area contributed by atoms with E-state index in [2.05, 4.69) is 10.2 Å². The van der Waals surface area contributed by atoms with Crippen LogP contribution in [-0.4, -0.2) is 53.4 Å². The van der Waals surface area contributed by atoms with Gasteiger partial charge in [0.05, 0.1) is 15.7 Å².